The first-order valence-corrected chi connectivity index (χ1v) is 7.69. The first-order valence-electron chi connectivity index (χ1n) is 6.89. The SMILES string of the molecule is CCNC(c1cc(C)ccc1C)c1c(F)ccc(Br)c1F. The minimum Gasteiger partial charge on any atom is -0.306 e. The highest BCUT2D eigenvalue weighted by atomic mass is 79.9. The number of benzene rings is 2. The lowest BCUT2D eigenvalue weighted by Crippen LogP contribution is -2.25. The van der Waals surface area contributed by atoms with Gasteiger partial charge in [0.25, 0.3) is 0 Å². The van der Waals surface area contributed by atoms with Gasteiger partial charge in [-0.1, -0.05) is 30.7 Å². The molecule has 21 heavy (non-hydrogen) atoms. The van der Waals surface area contributed by atoms with Crippen LogP contribution in [0.1, 0.15) is 35.2 Å². The first-order chi connectivity index (χ1) is 9.95. The summed E-state index contributed by atoms with van der Waals surface area (Å²) in [6.45, 7) is 6.46. The maximum Gasteiger partial charge on any atom is 0.145 e. The topological polar surface area (TPSA) is 12.0 Å². The predicted octanol–water partition coefficient (Wildman–Crippen LogP) is 5.04. The van der Waals surface area contributed by atoms with Crippen LogP contribution in [0.4, 0.5) is 8.78 Å². The van der Waals surface area contributed by atoms with Crippen LogP contribution in [0.5, 0.6) is 0 Å². The number of halogens is 3. The summed E-state index contributed by atoms with van der Waals surface area (Å²) < 4.78 is 28.9. The van der Waals surface area contributed by atoms with Crippen molar-refractivity contribution in [3.63, 3.8) is 0 Å². The molecule has 0 spiro atoms. The quantitative estimate of drug-likeness (QED) is 0.759. The third kappa shape index (κ3) is 3.33. The van der Waals surface area contributed by atoms with Gasteiger partial charge in [-0.3, -0.25) is 0 Å². The molecule has 0 fully saturated rings. The van der Waals surface area contributed by atoms with Crippen LogP contribution in [0.15, 0.2) is 34.8 Å². The van der Waals surface area contributed by atoms with Gasteiger partial charge >= 0.3 is 0 Å². The average Bonchev–Trinajstić information content (AvgIpc) is 2.45. The third-order valence-corrected chi connectivity index (χ3v) is 4.13. The van der Waals surface area contributed by atoms with E-state index in [1.54, 1.807) is 0 Å². The van der Waals surface area contributed by atoms with E-state index in [9.17, 15) is 8.78 Å². The summed E-state index contributed by atoms with van der Waals surface area (Å²) in [5.41, 5.74) is 3.02. The zero-order valence-electron chi connectivity index (χ0n) is 12.3. The van der Waals surface area contributed by atoms with E-state index in [2.05, 4.69) is 21.2 Å². The minimum atomic E-state index is -0.554. The second kappa shape index (κ2) is 6.67. The van der Waals surface area contributed by atoms with Gasteiger partial charge < -0.3 is 5.32 Å². The summed E-state index contributed by atoms with van der Waals surface area (Å²) in [4.78, 5) is 0. The molecule has 0 amide bonds. The van der Waals surface area contributed by atoms with Gasteiger partial charge in [0.2, 0.25) is 0 Å². The summed E-state index contributed by atoms with van der Waals surface area (Å²) >= 11 is 3.14. The number of aryl methyl sites for hydroxylation is 2. The summed E-state index contributed by atoms with van der Waals surface area (Å²) in [5, 5.41) is 3.19. The molecule has 2 aromatic rings. The summed E-state index contributed by atoms with van der Waals surface area (Å²) in [7, 11) is 0. The molecule has 1 atom stereocenters. The highest BCUT2D eigenvalue weighted by molar-refractivity contribution is 9.10. The molecule has 2 rings (SSSR count). The summed E-state index contributed by atoms with van der Waals surface area (Å²) in [6, 6.07) is 8.12. The molecular formula is C17H18BrF2N. The molecule has 112 valence electrons. The maximum atomic E-state index is 14.4. The van der Waals surface area contributed by atoms with Crippen molar-refractivity contribution in [1.29, 1.82) is 0 Å². The Kier molecular flexibility index (Phi) is 5.12. The van der Waals surface area contributed by atoms with Crippen LogP contribution in [0, 0.1) is 25.5 Å². The van der Waals surface area contributed by atoms with Crippen molar-refractivity contribution in [3.8, 4) is 0 Å². The Morgan fingerprint density at radius 3 is 2.52 bits per heavy atom. The molecule has 0 heterocycles. The molecular weight excluding hydrogens is 336 g/mol. The maximum absolute atomic E-state index is 14.4. The number of nitrogens with one attached hydrogen (secondary N) is 1. The Balaban J connectivity index is 2.64. The standard InChI is InChI=1S/C17H18BrF2N/c1-4-21-17(12-9-10(2)5-6-11(12)3)15-14(19)8-7-13(18)16(15)20/h5-9,17,21H,4H2,1-3H3. The molecule has 1 unspecified atom stereocenters. The molecule has 0 saturated carbocycles. The highest BCUT2D eigenvalue weighted by Gasteiger charge is 2.24. The minimum absolute atomic E-state index is 0.0555. The van der Waals surface area contributed by atoms with E-state index in [1.165, 1.54) is 12.1 Å². The molecule has 0 bridgehead atoms. The zero-order valence-corrected chi connectivity index (χ0v) is 13.9. The van der Waals surface area contributed by atoms with Gasteiger partial charge in [-0.05, 0) is 59.6 Å². The van der Waals surface area contributed by atoms with Gasteiger partial charge in [-0.25, -0.2) is 8.78 Å². The number of hydrogen-bond donors (Lipinski definition) is 1. The largest absolute Gasteiger partial charge is 0.306 e. The van der Waals surface area contributed by atoms with Crippen LogP contribution in [-0.4, -0.2) is 6.54 Å². The van der Waals surface area contributed by atoms with Crippen molar-refractivity contribution in [1.82, 2.24) is 5.32 Å². The molecule has 4 heteroatoms. The van der Waals surface area contributed by atoms with Crippen molar-refractivity contribution < 1.29 is 8.78 Å². The van der Waals surface area contributed by atoms with Crippen LogP contribution in [0.25, 0.3) is 0 Å². The van der Waals surface area contributed by atoms with Gasteiger partial charge in [0.1, 0.15) is 11.6 Å². The number of rotatable bonds is 4. The second-order valence-electron chi connectivity index (χ2n) is 5.11. The normalized spacial score (nSPS) is 12.5. The van der Waals surface area contributed by atoms with Crippen molar-refractivity contribution >= 4 is 15.9 Å². The van der Waals surface area contributed by atoms with Crippen molar-refractivity contribution in [2.75, 3.05) is 6.54 Å². The summed E-state index contributed by atoms with van der Waals surface area (Å²) in [6.07, 6.45) is 0. The highest BCUT2D eigenvalue weighted by Crippen LogP contribution is 2.32. The van der Waals surface area contributed by atoms with E-state index < -0.39 is 17.7 Å². The third-order valence-electron chi connectivity index (χ3n) is 3.52. The van der Waals surface area contributed by atoms with E-state index in [0.29, 0.717) is 6.54 Å². The fourth-order valence-corrected chi connectivity index (χ4v) is 2.80. The van der Waals surface area contributed by atoms with E-state index in [0.717, 1.165) is 16.7 Å². The molecule has 0 aliphatic rings. The second-order valence-corrected chi connectivity index (χ2v) is 5.96. The van der Waals surface area contributed by atoms with Gasteiger partial charge in [-0.2, -0.15) is 0 Å². The van der Waals surface area contributed by atoms with Crippen molar-refractivity contribution in [2.45, 2.75) is 26.8 Å². The molecule has 0 saturated heterocycles. The van der Waals surface area contributed by atoms with Crippen molar-refractivity contribution in [3.05, 3.63) is 68.7 Å². The Morgan fingerprint density at radius 2 is 1.86 bits per heavy atom. The van der Waals surface area contributed by atoms with Crippen LogP contribution in [-0.2, 0) is 0 Å². The molecule has 2 aromatic carbocycles. The first kappa shape index (κ1) is 16.1. The van der Waals surface area contributed by atoms with E-state index in [1.807, 2.05) is 39.0 Å². The lowest BCUT2D eigenvalue weighted by atomic mass is 9.93. The lowest BCUT2D eigenvalue weighted by Gasteiger charge is -2.23. The van der Waals surface area contributed by atoms with Crippen LogP contribution >= 0.6 is 15.9 Å². The van der Waals surface area contributed by atoms with E-state index in [4.69, 9.17) is 0 Å². The van der Waals surface area contributed by atoms with Crippen molar-refractivity contribution in [2.24, 2.45) is 0 Å². The number of hydrogen-bond acceptors (Lipinski definition) is 1. The predicted molar refractivity (Wildman–Crippen MR) is 85.5 cm³/mol. The monoisotopic (exact) mass is 353 g/mol. The molecule has 1 N–H and O–H groups in total. The molecule has 0 aliphatic carbocycles. The van der Waals surface area contributed by atoms with Gasteiger partial charge in [0.15, 0.2) is 0 Å². The Bertz CT molecular complexity index is 655. The van der Waals surface area contributed by atoms with Gasteiger partial charge in [-0.15, -0.1) is 0 Å². The van der Waals surface area contributed by atoms with Crippen LogP contribution in [0.2, 0.25) is 0 Å². The molecule has 0 radical (unpaired) electrons. The van der Waals surface area contributed by atoms with E-state index in [-0.39, 0.29) is 10.0 Å². The lowest BCUT2D eigenvalue weighted by molar-refractivity contribution is 0.506. The molecule has 0 aliphatic heterocycles. The molecule has 0 aromatic heterocycles. The van der Waals surface area contributed by atoms with Crippen LogP contribution < -0.4 is 5.32 Å². The Hall–Kier alpha value is -1.26. The van der Waals surface area contributed by atoms with Gasteiger partial charge in [0.05, 0.1) is 10.5 Å². The average molecular weight is 354 g/mol. The fraction of sp³-hybridized carbons (Fsp3) is 0.294. The zero-order chi connectivity index (χ0) is 15.6. The smallest absolute Gasteiger partial charge is 0.145 e. The Morgan fingerprint density at radius 1 is 1.14 bits per heavy atom. The molecule has 1 nitrogen and oxygen atoms in total. The fourth-order valence-electron chi connectivity index (χ4n) is 2.45. The van der Waals surface area contributed by atoms with E-state index >= 15 is 0 Å². The summed E-state index contributed by atoms with van der Waals surface area (Å²) in [5.74, 6) is -1.09. The Labute approximate surface area is 132 Å². The van der Waals surface area contributed by atoms with Gasteiger partial charge in [0, 0.05) is 5.56 Å². The van der Waals surface area contributed by atoms with Crippen LogP contribution in [0.3, 0.4) is 0 Å².